The van der Waals surface area contributed by atoms with Gasteiger partial charge in [-0.3, -0.25) is 4.79 Å². The Bertz CT molecular complexity index is 359. The second-order valence-electron chi connectivity index (χ2n) is 2.92. The fraction of sp³-hybridized carbons (Fsp3) is 0.300. The third-order valence-corrected chi connectivity index (χ3v) is 2.51. The first-order chi connectivity index (χ1) is 7.39. The summed E-state index contributed by atoms with van der Waals surface area (Å²) in [6.45, 7) is 1.27. The Balaban J connectivity index is 2.55. The second kappa shape index (κ2) is 5.25. The lowest BCUT2D eigenvalue weighted by atomic mass is 10.2. The average Bonchev–Trinajstić information content (AvgIpc) is 2.16. The van der Waals surface area contributed by atoms with Crippen molar-refractivity contribution in [1.29, 1.82) is 0 Å². The van der Waals surface area contributed by atoms with E-state index in [2.05, 4.69) is 4.74 Å². The molecule has 0 bridgehead atoms. The van der Waals surface area contributed by atoms with Gasteiger partial charge in [-0.05, 0) is 24.3 Å². The van der Waals surface area contributed by atoms with E-state index in [4.69, 9.17) is 0 Å². The Kier molecular flexibility index (Phi) is 4.23. The number of hydrogen-bond acceptors (Lipinski definition) is 3. The number of rotatable bonds is 3. The number of halogens is 3. The molecule has 6 heteroatoms. The van der Waals surface area contributed by atoms with Crippen molar-refractivity contribution in [2.24, 2.45) is 0 Å². The zero-order valence-electron chi connectivity index (χ0n) is 8.38. The summed E-state index contributed by atoms with van der Waals surface area (Å²) in [5, 5.41) is 0. The fourth-order valence-corrected chi connectivity index (χ4v) is 1.61. The summed E-state index contributed by atoms with van der Waals surface area (Å²) in [4.78, 5) is 11.1. The van der Waals surface area contributed by atoms with Crippen LogP contribution in [0.3, 0.4) is 0 Å². The molecule has 0 heterocycles. The van der Waals surface area contributed by atoms with Crippen LogP contribution in [0, 0.1) is 0 Å². The molecule has 0 saturated carbocycles. The monoisotopic (exact) mass is 250 g/mol. The molecule has 1 aromatic carbocycles. The zero-order chi connectivity index (χ0) is 12.2. The number of carbonyl (C=O) groups excluding carboxylic acids is 1. The Morgan fingerprint density at radius 1 is 1.31 bits per heavy atom. The summed E-state index contributed by atoms with van der Waals surface area (Å²) in [7, 11) is 0. The highest BCUT2D eigenvalue weighted by Gasteiger charge is 2.29. The van der Waals surface area contributed by atoms with Crippen molar-refractivity contribution in [1.82, 2.24) is 0 Å². The van der Waals surface area contributed by atoms with Gasteiger partial charge in [-0.2, -0.15) is 13.2 Å². The van der Waals surface area contributed by atoms with E-state index < -0.39 is 17.7 Å². The van der Waals surface area contributed by atoms with Gasteiger partial charge in [-0.1, -0.05) is 11.8 Å². The maximum atomic E-state index is 12.2. The third-order valence-electron chi connectivity index (χ3n) is 1.67. The third kappa shape index (κ3) is 4.14. The molecular formula is C10H9F3O2S. The predicted octanol–water partition coefficient (Wildman–Crippen LogP) is 3.32. The van der Waals surface area contributed by atoms with E-state index in [-0.39, 0.29) is 5.94 Å². The molecule has 16 heavy (non-hydrogen) atoms. The van der Waals surface area contributed by atoms with Gasteiger partial charge in [-0.15, -0.1) is 0 Å². The number of thioether (sulfide) groups is 1. The van der Waals surface area contributed by atoms with Crippen LogP contribution in [-0.2, 0) is 15.7 Å². The number of alkyl halides is 3. The topological polar surface area (TPSA) is 26.3 Å². The van der Waals surface area contributed by atoms with Crippen molar-refractivity contribution in [3.05, 3.63) is 29.8 Å². The van der Waals surface area contributed by atoms with Gasteiger partial charge in [0.25, 0.3) is 0 Å². The van der Waals surface area contributed by atoms with Crippen molar-refractivity contribution >= 4 is 17.7 Å². The van der Waals surface area contributed by atoms with Gasteiger partial charge in [0.2, 0.25) is 0 Å². The van der Waals surface area contributed by atoms with E-state index in [0.717, 1.165) is 23.9 Å². The van der Waals surface area contributed by atoms with Gasteiger partial charge in [0.15, 0.2) is 0 Å². The van der Waals surface area contributed by atoms with E-state index >= 15 is 0 Å². The first kappa shape index (κ1) is 12.9. The minimum Gasteiger partial charge on any atom is -0.454 e. The van der Waals surface area contributed by atoms with Crippen LogP contribution in [0.1, 0.15) is 12.5 Å². The van der Waals surface area contributed by atoms with Crippen LogP contribution < -0.4 is 0 Å². The van der Waals surface area contributed by atoms with Crippen LogP contribution in [0.5, 0.6) is 0 Å². The van der Waals surface area contributed by atoms with E-state index in [0.29, 0.717) is 4.90 Å². The summed E-state index contributed by atoms with van der Waals surface area (Å²) in [6, 6.07) is 4.68. The minimum atomic E-state index is -4.32. The van der Waals surface area contributed by atoms with Crippen LogP contribution in [0.25, 0.3) is 0 Å². The molecular weight excluding hydrogens is 241 g/mol. The smallest absolute Gasteiger partial charge is 0.416 e. The predicted molar refractivity (Wildman–Crippen MR) is 53.9 cm³/mol. The Morgan fingerprint density at radius 2 is 1.88 bits per heavy atom. The molecule has 0 aromatic heterocycles. The maximum Gasteiger partial charge on any atom is 0.416 e. The fourth-order valence-electron chi connectivity index (χ4n) is 0.921. The highest BCUT2D eigenvalue weighted by Crippen LogP contribution is 2.30. The minimum absolute atomic E-state index is 0.0979. The van der Waals surface area contributed by atoms with Crippen LogP contribution in [-0.4, -0.2) is 11.9 Å². The van der Waals surface area contributed by atoms with Crippen molar-refractivity contribution in [2.45, 2.75) is 18.0 Å². The second-order valence-corrected chi connectivity index (χ2v) is 3.92. The first-order valence-corrected chi connectivity index (χ1v) is 5.31. The lowest BCUT2D eigenvalue weighted by molar-refractivity contribution is -0.139. The molecule has 1 aromatic rings. The average molecular weight is 250 g/mol. The summed E-state index contributed by atoms with van der Waals surface area (Å²) in [5.41, 5.74) is -0.690. The molecule has 0 fully saturated rings. The molecule has 0 radical (unpaired) electrons. The van der Waals surface area contributed by atoms with Gasteiger partial charge in [0, 0.05) is 11.8 Å². The SMILES string of the molecule is CC(=O)OCSc1ccc(C(F)(F)F)cc1. The van der Waals surface area contributed by atoms with Gasteiger partial charge in [0.05, 0.1) is 5.56 Å². The summed E-state index contributed by atoms with van der Waals surface area (Å²) in [6.07, 6.45) is -4.32. The van der Waals surface area contributed by atoms with Crippen molar-refractivity contribution in [2.75, 3.05) is 5.94 Å². The van der Waals surface area contributed by atoms with Crippen LogP contribution >= 0.6 is 11.8 Å². The number of benzene rings is 1. The highest BCUT2D eigenvalue weighted by molar-refractivity contribution is 7.99. The zero-order valence-corrected chi connectivity index (χ0v) is 9.19. The molecule has 0 saturated heterocycles. The van der Waals surface area contributed by atoms with E-state index in [9.17, 15) is 18.0 Å². The molecule has 0 aliphatic heterocycles. The maximum absolute atomic E-state index is 12.2. The van der Waals surface area contributed by atoms with Crippen molar-refractivity contribution < 1.29 is 22.7 Å². The van der Waals surface area contributed by atoms with Crippen molar-refractivity contribution in [3.63, 3.8) is 0 Å². The molecule has 0 N–H and O–H groups in total. The molecule has 88 valence electrons. The summed E-state index contributed by atoms with van der Waals surface area (Å²) in [5.74, 6) is -0.319. The van der Waals surface area contributed by atoms with Gasteiger partial charge in [0.1, 0.15) is 5.94 Å². The Labute approximate surface area is 94.8 Å². The molecule has 1 rings (SSSR count). The number of hydrogen-bond donors (Lipinski definition) is 0. The lowest BCUT2D eigenvalue weighted by Gasteiger charge is -2.07. The molecule has 0 aliphatic carbocycles. The van der Waals surface area contributed by atoms with Crippen LogP contribution in [0.4, 0.5) is 13.2 Å². The van der Waals surface area contributed by atoms with Crippen molar-refractivity contribution in [3.8, 4) is 0 Å². The standard InChI is InChI=1S/C10H9F3O2S/c1-7(14)15-6-16-9-4-2-8(3-5-9)10(11,12)13/h2-5H,6H2,1H3. The largest absolute Gasteiger partial charge is 0.454 e. The van der Waals surface area contributed by atoms with E-state index in [1.807, 2.05) is 0 Å². The first-order valence-electron chi connectivity index (χ1n) is 4.33. The highest BCUT2D eigenvalue weighted by atomic mass is 32.2. The van der Waals surface area contributed by atoms with Gasteiger partial charge in [-0.25, -0.2) is 0 Å². The molecule has 0 spiro atoms. The number of ether oxygens (including phenoxy) is 1. The van der Waals surface area contributed by atoms with Crippen LogP contribution in [0.2, 0.25) is 0 Å². The summed E-state index contributed by atoms with van der Waals surface area (Å²) >= 11 is 1.16. The van der Waals surface area contributed by atoms with Gasteiger partial charge < -0.3 is 4.74 Å². The van der Waals surface area contributed by atoms with E-state index in [1.165, 1.54) is 19.1 Å². The molecule has 0 aliphatic rings. The number of esters is 1. The van der Waals surface area contributed by atoms with E-state index in [1.54, 1.807) is 0 Å². The normalized spacial score (nSPS) is 11.2. The molecule has 2 nitrogen and oxygen atoms in total. The molecule has 0 unspecified atom stereocenters. The summed E-state index contributed by atoms with van der Waals surface area (Å²) < 4.78 is 41.2. The van der Waals surface area contributed by atoms with Gasteiger partial charge >= 0.3 is 12.1 Å². The van der Waals surface area contributed by atoms with Crippen LogP contribution in [0.15, 0.2) is 29.2 Å². The quantitative estimate of drug-likeness (QED) is 0.467. The molecule has 0 atom stereocenters. The Hall–Kier alpha value is -1.17. The molecule has 0 amide bonds. The number of carbonyl (C=O) groups is 1. The lowest BCUT2D eigenvalue weighted by Crippen LogP contribution is -2.04. The Morgan fingerprint density at radius 3 is 2.31 bits per heavy atom.